The van der Waals surface area contributed by atoms with Crippen molar-refractivity contribution in [3.05, 3.63) is 86.8 Å². The molecule has 2 aromatic carbocycles. The monoisotopic (exact) mass is 636 g/mol. The number of nitrogens with zero attached hydrogens (tertiary/aromatic N) is 4. The van der Waals surface area contributed by atoms with E-state index >= 15 is 0 Å². The summed E-state index contributed by atoms with van der Waals surface area (Å²) in [5, 5.41) is 31.0. The Labute approximate surface area is 245 Å². The molecule has 0 saturated heterocycles. The second-order valence-electron chi connectivity index (χ2n) is 8.88. The van der Waals surface area contributed by atoms with E-state index in [0.29, 0.717) is 40.0 Å². The fourth-order valence-corrected chi connectivity index (χ4v) is 6.96. The zero-order chi connectivity index (χ0) is 28.4. The lowest BCUT2D eigenvalue weighted by Gasteiger charge is -2.38. The van der Waals surface area contributed by atoms with Crippen LogP contribution in [0.4, 0.5) is 10.8 Å². The largest absolute Gasteiger partial charge is 0.478 e. The molecule has 0 radical (unpaired) electrons. The number of halogens is 1. The third-order valence-corrected chi connectivity index (χ3v) is 9.24. The number of carboxylic acid groups (broad SMARTS) is 1. The fourth-order valence-electron chi connectivity index (χ4n) is 4.77. The predicted octanol–water partition coefficient (Wildman–Crippen LogP) is 5.03. The molecule has 2 heterocycles. The van der Waals surface area contributed by atoms with Gasteiger partial charge in [0.15, 0.2) is 10.1 Å². The first-order valence-corrected chi connectivity index (χ1v) is 14.7. The minimum atomic E-state index is -1.14. The van der Waals surface area contributed by atoms with E-state index in [0.717, 1.165) is 21.8 Å². The van der Waals surface area contributed by atoms with Crippen molar-refractivity contribution >= 4 is 67.5 Å². The highest BCUT2D eigenvalue weighted by Crippen LogP contribution is 2.48. The fraction of sp³-hybridized carbons (Fsp3) is 0.185. The molecule has 0 spiro atoms. The average molecular weight is 638 g/mol. The van der Waals surface area contributed by atoms with Gasteiger partial charge in [0.05, 0.1) is 34.6 Å². The normalized spacial score (nSPS) is 16.9. The maximum atomic E-state index is 13.3. The first-order chi connectivity index (χ1) is 19.3. The number of carboxylic acids is 1. The Hall–Kier alpha value is -3.99. The summed E-state index contributed by atoms with van der Waals surface area (Å²) in [5.41, 5.74) is 9.06. The molecule has 3 aromatic rings. The van der Waals surface area contributed by atoms with Crippen LogP contribution < -0.4 is 16.0 Å². The number of nitrogens with two attached hydrogens (primary N) is 1. The molecule has 40 heavy (non-hydrogen) atoms. The maximum Gasteiger partial charge on any atom is 0.337 e. The predicted molar refractivity (Wildman–Crippen MR) is 155 cm³/mol. The second-order valence-corrected chi connectivity index (χ2v) is 11.9. The van der Waals surface area contributed by atoms with Crippen LogP contribution in [0.1, 0.15) is 41.1 Å². The summed E-state index contributed by atoms with van der Waals surface area (Å²) >= 11 is 5.88. The van der Waals surface area contributed by atoms with Crippen molar-refractivity contribution < 1.29 is 19.5 Å². The Morgan fingerprint density at radius 2 is 1.95 bits per heavy atom. The van der Waals surface area contributed by atoms with Crippen molar-refractivity contribution in [3.63, 3.8) is 0 Å². The van der Waals surface area contributed by atoms with Crippen LogP contribution in [0.15, 0.2) is 80.0 Å². The van der Waals surface area contributed by atoms with Crippen molar-refractivity contribution in [1.82, 2.24) is 10.2 Å². The summed E-state index contributed by atoms with van der Waals surface area (Å²) in [4.78, 5) is 38.9. The summed E-state index contributed by atoms with van der Waals surface area (Å²) in [7, 11) is 0. The molecule has 2 aliphatic rings. The molecule has 1 aromatic heterocycles. The molecule has 1 aliphatic heterocycles. The standard InChI is InChI=1S/C27H21BrN6O4S2/c28-17-8-3-1-6-14(17)22-16(12-29)24(30)34(19-10-5-11-20(35)23(19)22)26-32-33-27(40-26)39-13-21(36)31-18-9-4-2-7-15(18)25(37)38/h1-4,6-9,22H,5,10-11,13,30H2,(H,31,36)(H,37,38). The number of amides is 1. The Kier molecular flexibility index (Phi) is 8.02. The first-order valence-electron chi connectivity index (χ1n) is 12.1. The van der Waals surface area contributed by atoms with Gasteiger partial charge in [0.2, 0.25) is 11.0 Å². The van der Waals surface area contributed by atoms with Gasteiger partial charge >= 0.3 is 5.97 Å². The van der Waals surface area contributed by atoms with E-state index in [1.807, 2.05) is 24.3 Å². The minimum absolute atomic E-state index is 0.00773. The number of thioether (sulfide) groups is 1. The highest BCUT2D eigenvalue weighted by molar-refractivity contribution is 9.10. The lowest BCUT2D eigenvalue weighted by atomic mass is 9.76. The molecule has 0 fully saturated rings. The Morgan fingerprint density at radius 1 is 1.20 bits per heavy atom. The molecule has 4 N–H and O–H groups in total. The topological polar surface area (TPSA) is 162 Å². The summed E-state index contributed by atoms with van der Waals surface area (Å²) in [6.07, 6.45) is 1.60. The van der Waals surface area contributed by atoms with Crippen LogP contribution in [-0.2, 0) is 9.59 Å². The molecule has 202 valence electrons. The molecular weight excluding hydrogens is 616 g/mol. The highest BCUT2D eigenvalue weighted by atomic mass is 79.9. The van der Waals surface area contributed by atoms with Crippen LogP contribution in [0.25, 0.3) is 0 Å². The number of hydrogen-bond donors (Lipinski definition) is 3. The van der Waals surface area contributed by atoms with E-state index in [2.05, 4.69) is 37.5 Å². The summed E-state index contributed by atoms with van der Waals surface area (Å²) in [5.74, 6) is -2.03. The van der Waals surface area contributed by atoms with Gasteiger partial charge in [0.25, 0.3) is 0 Å². The molecule has 1 atom stereocenters. The lowest BCUT2D eigenvalue weighted by Crippen LogP contribution is -2.38. The Balaban J connectivity index is 1.42. The summed E-state index contributed by atoms with van der Waals surface area (Å²) in [6.45, 7) is 0. The lowest BCUT2D eigenvalue weighted by molar-refractivity contribution is -0.116. The molecule has 0 bridgehead atoms. The van der Waals surface area contributed by atoms with E-state index in [1.54, 1.807) is 17.0 Å². The number of aromatic nitrogens is 2. The summed E-state index contributed by atoms with van der Waals surface area (Å²) < 4.78 is 1.25. The van der Waals surface area contributed by atoms with Gasteiger partial charge in [-0.2, -0.15) is 5.26 Å². The number of rotatable bonds is 7. The van der Waals surface area contributed by atoms with Gasteiger partial charge in [-0.1, -0.05) is 69.4 Å². The van der Waals surface area contributed by atoms with E-state index in [9.17, 15) is 24.8 Å². The number of carbonyl (C=O) groups excluding carboxylic acids is 2. The smallest absolute Gasteiger partial charge is 0.337 e. The third kappa shape index (κ3) is 5.25. The SMILES string of the molecule is N#CC1=C(N)N(c2nnc(SCC(=O)Nc3ccccc3C(=O)O)s2)C2=C(C(=O)CCC2)C1c1ccccc1Br. The zero-order valence-electron chi connectivity index (χ0n) is 20.8. The number of hydrogen-bond acceptors (Lipinski definition) is 10. The van der Waals surface area contributed by atoms with Crippen LogP contribution in [0, 0.1) is 11.3 Å². The van der Waals surface area contributed by atoms with Gasteiger partial charge in [0, 0.05) is 22.2 Å². The highest BCUT2D eigenvalue weighted by Gasteiger charge is 2.41. The van der Waals surface area contributed by atoms with Crippen molar-refractivity contribution in [3.8, 4) is 6.07 Å². The van der Waals surface area contributed by atoms with Crippen LogP contribution in [0.3, 0.4) is 0 Å². The number of ketones is 1. The third-order valence-electron chi connectivity index (χ3n) is 6.47. The van der Waals surface area contributed by atoms with E-state index in [-0.39, 0.29) is 34.2 Å². The van der Waals surface area contributed by atoms with Crippen molar-refractivity contribution in [2.45, 2.75) is 29.5 Å². The second kappa shape index (κ2) is 11.6. The van der Waals surface area contributed by atoms with Gasteiger partial charge in [-0.05, 0) is 36.6 Å². The molecule has 13 heteroatoms. The van der Waals surface area contributed by atoms with Gasteiger partial charge in [-0.25, -0.2) is 4.79 Å². The van der Waals surface area contributed by atoms with Gasteiger partial charge < -0.3 is 16.2 Å². The van der Waals surface area contributed by atoms with E-state index in [4.69, 9.17) is 5.73 Å². The quantitative estimate of drug-likeness (QED) is 0.300. The van der Waals surface area contributed by atoms with Gasteiger partial charge in [-0.3, -0.25) is 14.5 Å². The molecule has 0 saturated carbocycles. The molecule has 1 aliphatic carbocycles. The first kappa shape index (κ1) is 27.6. The number of carbonyl (C=O) groups is 3. The molecule has 5 rings (SSSR count). The maximum absolute atomic E-state index is 13.3. The zero-order valence-corrected chi connectivity index (χ0v) is 24.0. The molecular formula is C27H21BrN6O4S2. The number of aromatic carboxylic acids is 1. The number of nitrogens with one attached hydrogen (secondary N) is 1. The number of anilines is 2. The van der Waals surface area contributed by atoms with Crippen molar-refractivity contribution in [1.29, 1.82) is 5.26 Å². The Bertz CT molecular complexity index is 1640. The number of Topliss-reactive ketones (excluding diaryl/α,β-unsaturated/α-hetero) is 1. The molecule has 1 unspecified atom stereocenters. The number of benzene rings is 2. The van der Waals surface area contributed by atoms with Crippen LogP contribution >= 0.6 is 39.0 Å². The number of allylic oxidation sites excluding steroid dienone is 3. The number of para-hydroxylation sites is 1. The van der Waals surface area contributed by atoms with Crippen molar-refractivity contribution in [2.75, 3.05) is 16.0 Å². The van der Waals surface area contributed by atoms with Crippen molar-refractivity contribution in [2.24, 2.45) is 5.73 Å². The number of nitriles is 1. The average Bonchev–Trinajstić information content (AvgIpc) is 3.40. The van der Waals surface area contributed by atoms with Gasteiger partial charge in [0.1, 0.15) is 5.82 Å². The minimum Gasteiger partial charge on any atom is -0.478 e. The molecule has 10 nitrogen and oxygen atoms in total. The van der Waals surface area contributed by atoms with Crippen LogP contribution in [0.2, 0.25) is 0 Å². The Morgan fingerprint density at radius 3 is 2.70 bits per heavy atom. The molecule has 1 amide bonds. The van der Waals surface area contributed by atoms with Gasteiger partial charge in [-0.15, -0.1) is 10.2 Å². The van der Waals surface area contributed by atoms with E-state index < -0.39 is 17.8 Å². The van der Waals surface area contributed by atoms with Crippen LogP contribution in [-0.4, -0.2) is 38.7 Å². The van der Waals surface area contributed by atoms with E-state index in [1.165, 1.54) is 23.5 Å². The van der Waals surface area contributed by atoms with Crippen LogP contribution in [0.5, 0.6) is 0 Å². The summed E-state index contributed by atoms with van der Waals surface area (Å²) in [6, 6.07) is 15.8.